The second kappa shape index (κ2) is 5.06. The van der Waals surface area contributed by atoms with Crippen molar-refractivity contribution in [2.45, 2.75) is 13.0 Å². The van der Waals surface area contributed by atoms with E-state index < -0.39 is 0 Å². The van der Waals surface area contributed by atoms with Gasteiger partial charge in [0.15, 0.2) is 0 Å². The van der Waals surface area contributed by atoms with E-state index in [2.05, 4.69) is 28.3 Å². The van der Waals surface area contributed by atoms with E-state index in [1.807, 2.05) is 54.9 Å². The van der Waals surface area contributed by atoms with E-state index in [9.17, 15) is 0 Å². The molecular weight excluding hydrogens is 234 g/mol. The molecule has 3 heteroatoms. The highest BCUT2D eigenvalue weighted by molar-refractivity contribution is 5.90. The summed E-state index contributed by atoms with van der Waals surface area (Å²) in [7, 11) is 0. The number of pyridine rings is 2. The van der Waals surface area contributed by atoms with Gasteiger partial charge in [-0.3, -0.25) is 9.97 Å². The van der Waals surface area contributed by atoms with Crippen molar-refractivity contribution in [2.24, 2.45) is 0 Å². The number of nitrogens with zero attached hydrogens (tertiary/aromatic N) is 2. The molecule has 0 aliphatic rings. The fraction of sp³-hybridized carbons (Fsp3) is 0.125. The van der Waals surface area contributed by atoms with Crippen molar-refractivity contribution in [3.05, 3.63) is 66.6 Å². The van der Waals surface area contributed by atoms with Crippen LogP contribution in [-0.4, -0.2) is 9.97 Å². The quantitative estimate of drug-likeness (QED) is 0.767. The van der Waals surface area contributed by atoms with Crippen LogP contribution in [0.15, 0.2) is 60.9 Å². The van der Waals surface area contributed by atoms with E-state index in [-0.39, 0.29) is 6.04 Å². The Morgan fingerprint density at radius 3 is 2.58 bits per heavy atom. The van der Waals surface area contributed by atoms with Crippen molar-refractivity contribution < 1.29 is 0 Å². The minimum absolute atomic E-state index is 0.159. The first-order chi connectivity index (χ1) is 9.34. The SMILES string of the molecule is CC(Nc1ccnc2ccccc12)c1ccccn1. The van der Waals surface area contributed by atoms with Gasteiger partial charge in [0.05, 0.1) is 17.3 Å². The van der Waals surface area contributed by atoms with E-state index in [4.69, 9.17) is 0 Å². The largest absolute Gasteiger partial charge is 0.376 e. The van der Waals surface area contributed by atoms with E-state index in [0.29, 0.717) is 0 Å². The first-order valence-electron chi connectivity index (χ1n) is 6.36. The van der Waals surface area contributed by atoms with E-state index >= 15 is 0 Å². The van der Waals surface area contributed by atoms with Crippen molar-refractivity contribution >= 4 is 16.6 Å². The van der Waals surface area contributed by atoms with Crippen LogP contribution in [0.3, 0.4) is 0 Å². The van der Waals surface area contributed by atoms with Crippen molar-refractivity contribution in [2.75, 3.05) is 5.32 Å². The zero-order valence-corrected chi connectivity index (χ0v) is 10.7. The van der Waals surface area contributed by atoms with Gasteiger partial charge in [-0.2, -0.15) is 0 Å². The van der Waals surface area contributed by atoms with Gasteiger partial charge in [0.25, 0.3) is 0 Å². The molecule has 2 heterocycles. The lowest BCUT2D eigenvalue weighted by Crippen LogP contribution is -2.08. The summed E-state index contributed by atoms with van der Waals surface area (Å²) in [5.74, 6) is 0. The summed E-state index contributed by atoms with van der Waals surface area (Å²) in [4.78, 5) is 8.74. The Morgan fingerprint density at radius 1 is 0.895 bits per heavy atom. The van der Waals surface area contributed by atoms with Crippen molar-refractivity contribution in [1.82, 2.24) is 9.97 Å². The van der Waals surface area contributed by atoms with Crippen LogP contribution < -0.4 is 5.32 Å². The summed E-state index contributed by atoms with van der Waals surface area (Å²) in [6.45, 7) is 2.11. The molecule has 94 valence electrons. The summed E-state index contributed by atoms with van der Waals surface area (Å²) in [6, 6.07) is 16.3. The van der Waals surface area contributed by atoms with Crippen LogP contribution in [0.5, 0.6) is 0 Å². The minimum atomic E-state index is 0.159. The van der Waals surface area contributed by atoms with Crippen LogP contribution in [0.2, 0.25) is 0 Å². The van der Waals surface area contributed by atoms with Crippen LogP contribution in [0.1, 0.15) is 18.7 Å². The Labute approximate surface area is 112 Å². The highest BCUT2D eigenvalue weighted by atomic mass is 14.9. The van der Waals surface area contributed by atoms with Gasteiger partial charge in [0.1, 0.15) is 0 Å². The fourth-order valence-corrected chi connectivity index (χ4v) is 2.16. The van der Waals surface area contributed by atoms with Crippen LogP contribution in [0, 0.1) is 0 Å². The lowest BCUT2D eigenvalue weighted by atomic mass is 10.1. The molecule has 3 nitrogen and oxygen atoms in total. The summed E-state index contributed by atoms with van der Waals surface area (Å²) in [5.41, 5.74) is 3.12. The van der Waals surface area contributed by atoms with Gasteiger partial charge < -0.3 is 5.32 Å². The van der Waals surface area contributed by atoms with E-state index in [1.165, 1.54) is 0 Å². The molecule has 1 atom stereocenters. The van der Waals surface area contributed by atoms with Crippen LogP contribution in [0.4, 0.5) is 5.69 Å². The molecule has 0 amide bonds. The molecule has 0 aliphatic heterocycles. The summed E-state index contributed by atoms with van der Waals surface area (Å²) in [5, 5.41) is 4.63. The van der Waals surface area contributed by atoms with Gasteiger partial charge in [-0.05, 0) is 31.2 Å². The maximum atomic E-state index is 4.38. The number of benzene rings is 1. The molecule has 1 unspecified atom stereocenters. The molecular formula is C16H15N3. The molecule has 3 rings (SSSR count). The zero-order chi connectivity index (χ0) is 13.1. The normalized spacial score (nSPS) is 12.3. The second-order valence-electron chi connectivity index (χ2n) is 4.50. The van der Waals surface area contributed by atoms with Crippen molar-refractivity contribution in [3.8, 4) is 0 Å². The molecule has 0 spiro atoms. The van der Waals surface area contributed by atoms with Crippen LogP contribution in [0.25, 0.3) is 10.9 Å². The molecule has 19 heavy (non-hydrogen) atoms. The maximum absolute atomic E-state index is 4.38. The van der Waals surface area contributed by atoms with Crippen LogP contribution in [-0.2, 0) is 0 Å². The highest BCUT2D eigenvalue weighted by Gasteiger charge is 2.08. The number of para-hydroxylation sites is 1. The average molecular weight is 249 g/mol. The molecule has 1 N–H and O–H groups in total. The number of anilines is 1. The van der Waals surface area contributed by atoms with Gasteiger partial charge in [0, 0.05) is 23.5 Å². The van der Waals surface area contributed by atoms with E-state index in [1.54, 1.807) is 0 Å². The molecule has 2 aromatic heterocycles. The molecule has 3 aromatic rings. The molecule has 0 saturated heterocycles. The third-order valence-electron chi connectivity index (χ3n) is 3.15. The molecule has 0 aliphatic carbocycles. The summed E-state index contributed by atoms with van der Waals surface area (Å²) in [6.07, 6.45) is 3.65. The number of rotatable bonds is 3. The first-order valence-corrected chi connectivity index (χ1v) is 6.36. The Hall–Kier alpha value is -2.42. The Morgan fingerprint density at radius 2 is 1.74 bits per heavy atom. The Balaban J connectivity index is 1.94. The van der Waals surface area contributed by atoms with Crippen LogP contribution >= 0.6 is 0 Å². The number of nitrogens with one attached hydrogen (secondary N) is 1. The second-order valence-corrected chi connectivity index (χ2v) is 4.50. The number of hydrogen-bond acceptors (Lipinski definition) is 3. The average Bonchev–Trinajstić information content (AvgIpc) is 2.48. The van der Waals surface area contributed by atoms with Gasteiger partial charge in [-0.15, -0.1) is 0 Å². The summed E-state index contributed by atoms with van der Waals surface area (Å²) < 4.78 is 0. The number of aromatic nitrogens is 2. The third kappa shape index (κ3) is 2.40. The van der Waals surface area contributed by atoms with E-state index in [0.717, 1.165) is 22.3 Å². The minimum Gasteiger partial charge on any atom is -0.376 e. The third-order valence-corrected chi connectivity index (χ3v) is 3.15. The Bertz CT molecular complexity index is 674. The standard InChI is InChI=1S/C16H15N3/c1-12(14-7-4-5-10-17-14)19-16-9-11-18-15-8-3-2-6-13(15)16/h2-12H,1H3,(H,18,19). The van der Waals surface area contributed by atoms with Crippen molar-refractivity contribution in [1.29, 1.82) is 0 Å². The molecule has 0 saturated carbocycles. The first kappa shape index (κ1) is 11.7. The lowest BCUT2D eigenvalue weighted by molar-refractivity contribution is 0.841. The predicted molar refractivity (Wildman–Crippen MR) is 78.0 cm³/mol. The smallest absolute Gasteiger partial charge is 0.0722 e. The molecule has 0 radical (unpaired) electrons. The van der Waals surface area contributed by atoms with Gasteiger partial charge in [-0.1, -0.05) is 24.3 Å². The predicted octanol–water partition coefficient (Wildman–Crippen LogP) is 3.80. The maximum Gasteiger partial charge on any atom is 0.0722 e. The molecule has 0 fully saturated rings. The molecule has 0 bridgehead atoms. The zero-order valence-electron chi connectivity index (χ0n) is 10.7. The monoisotopic (exact) mass is 249 g/mol. The van der Waals surface area contributed by atoms with Gasteiger partial charge in [-0.25, -0.2) is 0 Å². The number of hydrogen-bond donors (Lipinski definition) is 1. The van der Waals surface area contributed by atoms with Crippen molar-refractivity contribution in [3.63, 3.8) is 0 Å². The van der Waals surface area contributed by atoms with Gasteiger partial charge in [0.2, 0.25) is 0 Å². The van der Waals surface area contributed by atoms with Gasteiger partial charge >= 0.3 is 0 Å². The number of fused-ring (bicyclic) bond motifs is 1. The fourth-order valence-electron chi connectivity index (χ4n) is 2.16. The lowest BCUT2D eigenvalue weighted by Gasteiger charge is -2.16. The molecule has 1 aromatic carbocycles. The summed E-state index contributed by atoms with van der Waals surface area (Å²) >= 11 is 0. The highest BCUT2D eigenvalue weighted by Crippen LogP contribution is 2.24. The topological polar surface area (TPSA) is 37.8 Å². The Kier molecular flexibility index (Phi) is 3.11.